The Morgan fingerprint density at radius 2 is 1.93 bits per heavy atom. The van der Waals surface area contributed by atoms with Gasteiger partial charge in [0.2, 0.25) is 0 Å². The number of hydrazine groups is 1. The molecule has 0 amide bonds. The Morgan fingerprint density at radius 3 is 2.53 bits per heavy atom. The molecule has 164 valence electrons. The van der Waals surface area contributed by atoms with Gasteiger partial charge in [-0.05, 0) is 11.6 Å². The van der Waals surface area contributed by atoms with Gasteiger partial charge in [0.15, 0.2) is 18.2 Å². The number of alkyl halides is 5. The molecular weight excluding hydrogens is 435 g/mol. The molecule has 0 radical (unpaired) electrons. The van der Waals surface area contributed by atoms with Crippen molar-refractivity contribution in [2.75, 3.05) is 35.3 Å². The summed E-state index contributed by atoms with van der Waals surface area (Å²) in [5.41, 5.74) is 6.48. The Balaban J connectivity index is 1.95. The molecule has 1 aromatic carbocycles. The minimum Gasteiger partial charge on any atom is -0.454 e. The predicted molar refractivity (Wildman–Crippen MR) is 102 cm³/mol. The molecule has 1 aliphatic heterocycles. The zero-order valence-corrected chi connectivity index (χ0v) is 16.2. The lowest BCUT2D eigenvalue weighted by atomic mass is 10.2. The maximum absolute atomic E-state index is 13.7. The molecule has 2 aromatic rings. The molecule has 7 nitrogen and oxygen atoms in total. The number of hydrogen-bond donors (Lipinski definition) is 2. The lowest BCUT2D eigenvalue weighted by Gasteiger charge is -2.25. The summed E-state index contributed by atoms with van der Waals surface area (Å²) in [5, 5.41) is 1.43. The molecule has 30 heavy (non-hydrogen) atoms. The van der Waals surface area contributed by atoms with Gasteiger partial charge >= 0.3 is 12.2 Å². The van der Waals surface area contributed by atoms with Crippen molar-refractivity contribution in [1.29, 1.82) is 0 Å². The van der Waals surface area contributed by atoms with E-state index in [0.29, 0.717) is 10.6 Å². The summed E-state index contributed by atoms with van der Waals surface area (Å²) in [6.45, 7) is -2.46. The summed E-state index contributed by atoms with van der Waals surface area (Å²) in [6.07, 6.45) is -5.10. The predicted octanol–water partition coefficient (Wildman–Crippen LogP) is 3.38. The van der Waals surface area contributed by atoms with Gasteiger partial charge in [-0.3, -0.25) is 5.01 Å². The first-order valence-electron chi connectivity index (χ1n) is 8.71. The highest BCUT2D eigenvalue weighted by molar-refractivity contribution is 6.31. The third-order valence-electron chi connectivity index (χ3n) is 4.29. The Labute approximate surface area is 173 Å². The van der Waals surface area contributed by atoms with Crippen molar-refractivity contribution in [2.24, 2.45) is 5.84 Å². The van der Waals surface area contributed by atoms with E-state index in [1.807, 2.05) is 0 Å². The lowest BCUT2D eigenvalue weighted by Crippen LogP contribution is -2.34. The quantitative estimate of drug-likeness (QED) is 0.394. The van der Waals surface area contributed by atoms with Crippen molar-refractivity contribution in [2.45, 2.75) is 25.1 Å². The summed E-state index contributed by atoms with van der Waals surface area (Å²) >= 11 is 6.11. The van der Waals surface area contributed by atoms with E-state index in [4.69, 9.17) is 23.2 Å². The fourth-order valence-corrected chi connectivity index (χ4v) is 3.09. The number of nitrogens with zero attached hydrogens (tertiary/aromatic N) is 4. The van der Waals surface area contributed by atoms with Gasteiger partial charge in [-0.2, -0.15) is 23.1 Å². The monoisotopic (exact) mass is 452 g/mol. The van der Waals surface area contributed by atoms with E-state index in [9.17, 15) is 22.0 Å². The third kappa shape index (κ3) is 5.30. The minimum absolute atomic E-state index is 0.00476. The van der Waals surface area contributed by atoms with Gasteiger partial charge in [-0.1, -0.05) is 29.8 Å². The molecule has 0 spiro atoms. The smallest absolute Gasteiger partial charge is 0.422 e. The number of halogens is 6. The number of anilines is 3. The first kappa shape index (κ1) is 22.1. The van der Waals surface area contributed by atoms with Crippen molar-refractivity contribution in [3.05, 3.63) is 34.9 Å². The van der Waals surface area contributed by atoms with Crippen LogP contribution in [0.4, 0.5) is 39.3 Å². The largest absolute Gasteiger partial charge is 0.454 e. The van der Waals surface area contributed by atoms with E-state index in [-0.39, 0.29) is 30.4 Å². The molecule has 1 saturated heterocycles. The van der Waals surface area contributed by atoms with Crippen LogP contribution in [-0.2, 0) is 6.54 Å². The number of benzene rings is 1. The molecule has 1 fully saturated rings. The van der Waals surface area contributed by atoms with E-state index in [1.54, 1.807) is 24.3 Å². The SMILES string of the molecule is Nc1c(N(N)Cc2ccccc2Cl)nc(OCC(F)(F)F)nc1N1CCC(F)(F)C1. The van der Waals surface area contributed by atoms with Crippen LogP contribution in [0.25, 0.3) is 0 Å². The number of aromatic nitrogens is 2. The van der Waals surface area contributed by atoms with Gasteiger partial charge in [0, 0.05) is 18.0 Å². The van der Waals surface area contributed by atoms with Crippen LogP contribution < -0.4 is 26.2 Å². The van der Waals surface area contributed by atoms with Gasteiger partial charge in [0.25, 0.3) is 5.92 Å². The highest BCUT2D eigenvalue weighted by atomic mass is 35.5. The number of rotatable bonds is 6. The molecule has 2 heterocycles. The van der Waals surface area contributed by atoms with Crippen LogP contribution in [0.15, 0.2) is 24.3 Å². The van der Waals surface area contributed by atoms with E-state index in [1.165, 1.54) is 0 Å². The van der Waals surface area contributed by atoms with Crippen molar-refractivity contribution < 1.29 is 26.7 Å². The summed E-state index contributed by atoms with van der Waals surface area (Å²) in [7, 11) is 0. The van der Waals surface area contributed by atoms with E-state index >= 15 is 0 Å². The van der Waals surface area contributed by atoms with Crippen molar-refractivity contribution in [3.63, 3.8) is 0 Å². The first-order chi connectivity index (χ1) is 14.0. The van der Waals surface area contributed by atoms with Gasteiger partial charge < -0.3 is 15.4 Å². The molecule has 13 heteroatoms. The second kappa shape index (κ2) is 8.26. The van der Waals surface area contributed by atoms with E-state index < -0.39 is 37.7 Å². The van der Waals surface area contributed by atoms with Crippen molar-refractivity contribution in [1.82, 2.24) is 9.97 Å². The van der Waals surface area contributed by atoms with E-state index in [2.05, 4.69) is 14.7 Å². The maximum Gasteiger partial charge on any atom is 0.422 e. The van der Waals surface area contributed by atoms with E-state index in [0.717, 1.165) is 9.91 Å². The molecule has 0 bridgehead atoms. The minimum atomic E-state index is -4.65. The number of hydrogen-bond acceptors (Lipinski definition) is 7. The zero-order valence-electron chi connectivity index (χ0n) is 15.5. The average molecular weight is 453 g/mol. The van der Waals surface area contributed by atoms with Crippen molar-refractivity contribution >= 4 is 28.9 Å². The van der Waals surface area contributed by atoms with Crippen LogP contribution in [0.1, 0.15) is 12.0 Å². The third-order valence-corrected chi connectivity index (χ3v) is 4.66. The Hall–Kier alpha value is -2.60. The highest BCUT2D eigenvalue weighted by Crippen LogP contribution is 2.37. The maximum atomic E-state index is 13.7. The molecule has 1 aliphatic rings. The van der Waals surface area contributed by atoms with Crippen LogP contribution in [0.3, 0.4) is 0 Å². The molecule has 1 aromatic heterocycles. The lowest BCUT2D eigenvalue weighted by molar-refractivity contribution is -0.154. The summed E-state index contributed by atoms with van der Waals surface area (Å²) in [6, 6.07) is 6.05. The Bertz CT molecular complexity index is 913. The molecule has 0 aliphatic carbocycles. The fourth-order valence-electron chi connectivity index (χ4n) is 2.90. The normalized spacial score (nSPS) is 16.0. The number of nitrogens with two attached hydrogens (primary N) is 2. The van der Waals surface area contributed by atoms with Crippen LogP contribution >= 0.6 is 11.6 Å². The van der Waals surface area contributed by atoms with Crippen LogP contribution in [0.2, 0.25) is 5.02 Å². The molecule has 0 unspecified atom stereocenters. The molecular formula is C17H18ClF5N6O. The van der Waals surface area contributed by atoms with Crippen LogP contribution in [0.5, 0.6) is 6.01 Å². The summed E-state index contributed by atoms with van der Waals surface area (Å²) in [5.74, 6) is 2.70. The Kier molecular flexibility index (Phi) is 6.09. The molecule has 3 rings (SSSR count). The first-order valence-corrected chi connectivity index (χ1v) is 9.08. The van der Waals surface area contributed by atoms with Gasteiger partial charge in [0.05, 0.1) is 13.1 Å². The van der Waals surface area contributed by atoms with Gasteiger partial charge in [0.1, 0.15) is 5.69 Å². The topological polar surface area (TPSA) is 93.5 Å². The van der Waals surface area contributed by atoms with Crippen LogP contribution in [0, 0.1) is 0 Å². The number of nitrogen functional groups attached to an aromatic ring is 1. The summed E-state index contributed by atoms with van der Waals surface area (Å²) < 4.78 is 69.6. The standard InChI is InChI=1S/C17H18ClF5N6O/c18-11-4-2-1-3-10(11)7-29(25)14-12(24)13(28-6-5-16(19,20)8-28)26-15(27-14)30-9-17(21,22)23/h1-4H,5-9,24-25H2. The fraction of sp³-hybridized carbons (Fsp3) is 0.412. The zero-order chi connectivity index (χ0) is 22.1. The molecule has 4 N–H and O–H groups in total. The number of ether oxygens (including phenoxy) is 1. The summed E-state index contributed by atoms with van der Waals surface area (Å²) in [4.78, 5) is 8.83. The average Bonchev–Trinajstić information content (AvgIpc) is 3.01. The van der Waals surface area contributed by atoms with Gasteiger partial charge in [-0.25, -0.2) is 14.6 Å². The molecule has 0 saturated carbocycles. The van der Waals surface area contributed by atoms with Crippen LogP contribution in [-0.4, -0.2) is 41.8 Å². The second-order valence-corrected chi connectivity index (χ2v) is 7.12. The Morgan fingerprint density at radius 1 is 1.23 bits per heavy atom. The molecule has 0 atom stereocenters. The van der Waals surface area contributed by atoms with Gasteiger partial charge in [-0.15, -0.1) is 0 Å². The highest BCUT2D eigenvalue weighted by Gasteiger charge is 2.40. The van der Waals surface area contributed by atoms with Crippen molar-refractivity contribution in [3.8, 4) is 6.01 Å². The second-order valence-electron chi connectivity index (χ2n) is 6.72.